The third-order valence-corrected chi connectivity index (χ3v) is 5.28. The summed E-state index contributed by atoms with van der Waals surface area (Å²) >= 11 is 3.52. The van der Waals surface area contributed by atoms with Gasteiger partial charge < -0.3 is 14.6 Å². The number of hydrogen-bond acceptors (Lipinski definition) is 3. The molecule has 1 aliphatic heterocycles. The Morgan fingerprint density at radius 1 is 1.46 bits per heavy atom. The predicted octanol–water partition coefficient (Wildman–Crippen LogP) is 4.60. The number of aryl methyl sites for hydroxylation is 2. The molecule has 2 heterocycles. The van der Waals surface area contributed by atoms with E-state index in [0.717, 1.165) is 47.3 Å². The first kappa shape index (κ1) is 17.0. The lowest BCUT2D eigenvalue weighted by molar-refractivity contribution is 0.183. The molecule has 5 nitrogen and oxygen atoms in total. The van der Waals surface area contributed by atoms with Crippen molar-refractivity contribution in [3.63, 3.8) is 0 Å². The van der Waals surface area contributed by atoms with Crippen LogP contribution in [0.4, 0.5) is 10.5 Å². The van der Waals surface area contributed by atoms with Gasteiger partial charge in [0.05, 0.1) is 5.69 Å². The van der Waals surface area contributed by atoms with Gasteiger partial charge in [0.15, 0.2) is 0 Å². The van der Waals surface area contributed by atoms with Gasteiger partial charge in [-0.2, -0.15) is 0 Å². The molecule has 1 aromatic carbocycles. The van der Waals surface area contributed by atoms with E-state index in [1.165, 1.54) is 6.42 Å². The number of nitrogens with one attached hydrogen (secondary N) is 1. The molecule has 128 valence electrons. The van der Waals surface area contributed by atoms with E-state index in [4.69, 9.17) is 4.42 Å². The second kappa shape index (κ2) is 7.38. The van der Waals surface area contributed by atoms with Gasteiger partial charge in [0, 0.05) is 29.7 Å². The number of aromatic nitrogens is 1. The minimum absolute atomic E-state index is 0.0426. The first-order valence-electron chi connectivity index (χ1n) is 8.22. The highest BCUT2D eigenvalue weighted by Crippen LogP contribution is 2.26. The third-order valence-electron chi connectivity index (χ3n) is 4.36. The first-order chi connectivity index (χ1) is 11.6. The zero-order chi connectivity index (χ0) is 17.1. The van der Waals surface area contributed by atoms with E-state index in [0.29, 0.717) is 11.8 Å². The van der Waals surface area contributed by atoms with Gasteiger partial charge >= 0.3 is 6.03 Å². The Balaban J connectivity index is 1.74. The summed E-state index contributed by atoms with van der Waals surface area (Å²) in [5, 5.41) is 3.94. The Bertz CT molecular complexity index is 729. The van der Waals surface area contributed by atoms with Crippen molar-refractivity contribution in [3.8, 4) is 11.5 Å². The second-order valence-corrected chi connectivity index (χ2v) is 7.01. The second-order valence-electron chi connectivity index (χ2n) is 6.36. The minimum atomic E-state index is -0.0426. The maximum atomic E-state index is 12.5. The number of likely N-dealkylation sites (tertiary alicyclic amines) is 1. The van der Waals surface area contributed by atoms with Gasteiger partial charge in [0.25, 0.3) is 0 Å². The van der Waals surface area contributed by atoms with E-state index in [-0.39, 0.29) is 6.03 Å². The van der Waals surface area contributed by atoms with E-state index < -0.39 is 0 Å². The Kier molecular flexibility index (Phi) is 5.23. The minimum Gasteiger partial charge on any atom is -0.444 e. The fourth-order valence-corrected chi connectivity index (χ4v) is 3.51. The summed E-state index contributed by atoms with van der Waals surface area (Å²) < 4.78 is 5.50. The molecule has 0 aliphatic carbocycles. The highest BCUT2D eigenvalue weighted by Gasteiger charge is 2.23. The van der Waals surface area contributed by atoms with Crippen LogP contribution in [0.2, 0.25) is 0 Å². The number of urea groups is 1. The van der Waals surface area contributed by atoms with Crippen LogP contribution < -0.4 is 5.32 Å². The number of nitrogens with zero attached hydrogens (tertiary/aromatic N) is 2. The van der Waals surface area contributed by atoms with Gasteiger partial charge in [0.1, 0.15) is 6.26 Å². The standard InChI is InChI=1S/C18H22BrN3O2/c1-12-5-6-15(8-16(12)17-20-13(2)11-24-17)21-18(23)22-7-3-4-14(9-19)10-22/h5-6,8,11,14H,3-4,7,9-10H2,1-2H3,(H,21,23)/t14-/m0/s1. The molecule has 0 bridgehead atoms. The van der Waals surface area contributed by atoms with Gasteiger partial charge in [-0.3, -0.25) is 0 Å². The summed E-state index contributed by atoms with van der Waals surface area (Å²) in [6.07, 6.45) is 3.86. The van der Waals surface area contributed by atoms with Crippen LogP contribution in [0.5, 0.6) is 0 Å². The number of oxazole rings is 1. The third kappa shape index (κ3) is 3.80. The van der Waals surface area contributed by atoms with Crippen molar-refractivity contribution in [1.82, 2.24) is 9.88 Å². The zero-order valence-electron chi connectivity index (χ0n) is 14.0. The van der Waals surface area contributed by atoms with Crippen molar-refractivity contribution in [2.75, 3.05) is 23.7 Å². The van der Waals surface area contributed by atoms with Crippen molar-refractivity contribution in [3.05, 3.63) is 35.7 Å². The Morgan fingerprint density at radius 2 is 2.29 bits per heavy atom. The van der Waals surface area contributed by atoms with Gasteiger partial charge in [-0.25, -0.2) is 9.78 Å². The number of halogens is 1. The number of piperidine rings is 1. The molecule has 1 aromatic heterocycles. The van der Waals surface area contributed by atoms with E-state index in [1.54, 1.807) is 6.26 Å². The number of rotatable bonds is 3. The average molecular weight is 392 g/mol. The van der Waals surface area contributed by atoms with Crippen LogP contribution in [0, 0.1) is 19.8 Å². The maximum absolute atomic E-state index is 12.5. The van der Waals surface area contributed by atoms with Gasteiger partial charge in [-0.1, -0.05) is 22.0 Å². The lowest BCUT2D eigenvalue weighted by atomic mass is 10.0. The fraction of sp³-hybridized carbons (Fsp3) is 0.444. The molecule has 3 rings (SSSR count). The monoisotopic (exact) mass is 391 g/mol. The molecular weight excluding hydrogens is 370 g/mol. The normalized spacial score (nSPS) is 17.8. The molecular formula is C18H22BrN3O2. The number of carbonyl (C=O) groups is 1. The van der Waals surface area contributed by atoms with Crippen molar-refractivity contribution in [1.29, 1.82) is 0 Å². The summed E-state index contributed by atoms with van der Waals surface area (Å²) in [5.41, 5.74) is 3.57. The maximum Gasteiger partial charge on any atom is 0.321 e. The van der Waals surface area contributed by atoms with E-state index in [1.807, 2.05) is 36.9 Å². The van der Waals surface area contributed by atoms with Gasteiger partial charge in [-0.15, -0.1) is 0 Å². The highest BCUT2D eigenvalue weighted by molar-refractivity contribution is 9.09. The summed E-state index contributed by atoms with van der Waals surface area (Å²) in [5.74, 6) is 1.12. The molecule has 6 heteroatoms. The number of alkyl halides is 1. The first-order valence-corrected chi connectivity index (χ1v) is 9.34. The van der Waals surface area contributed by atoms with Crippen LogP contribution >= 0.6 is 15.9 Å². The van der Waals surface area contributed by atoms with Crippen LogP contribution in [0.1, 0.15) is 24.1 Å². The summed E-state index contributed by atoms with van der Waals surface area (Å²) in [4.78, 5) is 18.8. The topological polar surface area (TPSA) is 58.4 Å². The Morgan fingerprint density at radius 3 is 3.00 bits per heavy atom. The lowest BCUT2D eigenvalue weighted by Gasteiger charge is -2.32. The average Bonchev–Trinajstić information content (AvgIpc) is 3.03. The Labute approximate surface area is 150 Å². The Hall–Kier alpha value is -1.82. The van der Waals surface area contributed by atoms with E-state index in [2.05, 4.69) is 26.2 Å². The van der Waals surface area contributed by atoms with Crippen LogP contribution in [0.25, 0.3) is 11.5 Å². The number of carbonyl (C=O) groups excluding carboxylic acids is 1. The van der Waals surface area contributed by atoms with Crippen molar-refractivity contribution in [2.24, 2.45) is 5.92 Å². The number of anilines is 1. The molecule has 0 unspecified atom stereocenters. The predicted molar refractivity (Wildman–Crippen MR) is 98.5 cm³/mol. The summed E-state index contributed by atoms with van der Waals surface area (Å²) in [7, 11) is 0. The fourth-order valence-electron chi connectivity index (χ4n) is 2.99. The quantitative estimate of drug-likeness (QED) is 0.777. The number of benzene rings is 1. The molecule has 0 spiro atoms. The van der Waals surface area contributed by atoms with Crippen LogP contribution in [-0.4, -0.2) is 34.3 Å². The summed E-state index contributed by atoms with van der Waals surface area (Å²) in [6, 6.07) is 5.77. The SMILES string of the molecule is Cc1coc(-c2cc(NC(=O)N3CCC[C@@H](CBr)C3)ccc2C)n1. The molecule has 0 saturated carbocycles. The molecule has 1 atom stereocenters. The molecule has 1 N–H and O–H groups in total. The molecule has 0 radical (unpaired) electrons. The van der Waals surface area contributed by atoms with Crippen LogP contribution in [0.3, 0.4) is 0 Å². The molecule has 1 fully saturated rings. The molecule has 2 amide bonds. The van der Waals surface area contributed by atoms with Gasteiger partial charge in [0.2, 0.25) is 5.89 Å². The molecule has 1 aliphatic rings. The molecule has 1 saturated heterocycles. The van der Waals surface area contributed by atoms with Crippen LogP contribution in [0.15, 0.2) is 28.9 Å². The number of amides is 2. The van der Waals surface area contributed by atoms with Crippen molar-refractivity contribution in [2.45, 2.75) is 26.7 Å². The number of hydrogen-bond donors (Lipinski definition) is 1. The smallest absolute Gasteiger partial charge is 0.321 e. The molecule has 2 aromatic rings. The summed E-state index contributed by atoms with van der Waals surface area (Å²) in [6.45, 7) is 5.51. The van der Waals surface area contributed by atoms with E-state index >= 15 is 0 Å². The van der Waals surface area contributed by atoms with Crippen LogP contribution in [-0.2, 0) is 0 Å². The lowest BCUT2D eigenvalue weighted by Crippen LogP contribution is -2.42. The zero-order valence-corrected chi connectivity index (χ0v) is 15.6. The largest absolute Gasteiger partial charge is 0.444 e. The van der Waals surface area contributed by atoms with Gasteiger partial charge in [-0.05, 0) is 50.3 Å². The van der Waals surface area contributed by atoms with E-state index in [9.17, 15) is 4.79 Å². The van der Waals surface area contributed by atoms with Crippen molar-refractivity contribution < 1.29 is 9.21 Å². The highest BCUT2D eigenvalue weighted by atomic mass is 79.9. The molecule has 24 heavy (non-hydrogen) atoms. The van der Waals surface area contributed by atoms with Crippen molar-refractivity contribution >= 4 is 27.6 Å².